The largest absolute Gasteiger partial charge is 0.411 e. The molecular weight excluding hydrogens is 452 g/mol. The lowest BCUT2D eigenvalue weighted by Crippen LogP contribution is -2.50. The molecule has 0 aliphatic heterocycles. The molecule has 2 bridgehead atoms. The van der Waals surface area contributed by atoms with Crippen LogP contribution in [-0.4, -0.2) is 25.5 Å². The highest BCUT2D eigenvalue weighted by Gasteiger charge is 2.54. The highest BCUT2D eigenvalue weighted by Crippen LogP contribution is 2.58. The summed E-state index contributed by atoms with van der Waals surface area (Å²) in [6.07, 6.45) is 6.07. The molecule has 3 aliphatic rings. The fourth-order valence-electron chi connectivity index (χ4n) is 5.27. The first-order chi connectivity index (χ1) is 15.1. The Balaban J connectivity index is 1.62. The Bertz CT molecular complexity index is 1270. The molecule has 0 spiro atoms. The number of halogens is 1. The zero-order valence-corrected chi connectivity index (χ0v) is 18.4. The van der Waals surface area contributed by atoms with Crippen molar-refractivity contribution in [3.8, 4) is 0 Å². The van der Waals surface area contributed by atoms with Crippen LogP contribution in [0.1, 0.15) is 59.0 Å². The third-order valence-corrected chi connectivity index (χ3v) is 9.31. The SMILES string of the molecule is [2H]C([2H])([2H])n1c(C23CCC(C(=NO)c4ccc[nH]4)(CC2)CC3)nc2c(Br)c(C)sc2c1=O. The Morgan fingerprint density at radius 2 is 2.10 bits per heavy atom. The zero-order chi connectivity index (χ0) is 22.9. The average molecular weight is 478 g/mol. The molecule has 0 unspecified atom stereocenters. The Kier molecular flexibility index (Phi) is 3.57. The maximum Gasteiger partial charge on any atom is 0.271 e. The van der Waals surface area contributed by atoms with E-state index in [2.05, 4.69) is 26.1 Å². The molecular formula is C21H23BrN4O2S. The lowest BCUT2D eigenvalue weighted by Gasteiger charge is -2.53. The quantitative estimate of drug-likeness (QED) is 0.320. The maximum absolute atomic E-state index is 13.3. The number of aromatic amines is 1. The highest BCUT2D eigenvalue weighted by molar-refractivity contribution is 9.10. The Hall–Kier alpha value is -1.93. The van der Waals surface area contributed by atoms with Crippen molar-refractivity contribution < 1.29 is 9.32 Å². The van der Waals surface area contributed by atoms with Crippen LogP contribution in [0.2, 0.25) is 0 Å². The second-order valence-electron chi connectivity index (χ2n) is 8.32. The van der Waals surface area contributed by atoms with Crippen molar-refractivity contribution in [2.24, 2.45) is 17.5 Å². The van der Waals surface area contributed by atoms with Gasteiger partial charge in [-0.05, 0) is 73.5 Å². The summed E-state index contributed by atoms with van der Waals surface area (Å²) in [5, 5.41) is 13.5. The molecule has 0 amide bonds. The van der Waals surface area contributed by atoms with Crippen LogP contribution in [-0.2, 0) is 12.4 Å². The van der Waals surface area contributed by atoms with Gasteiger partial charge in [-0.1, -0.05) is 5.16 Å². The molecule has 6 rings (SSSR count). The van der Waals surface area contributed by atoms with Gasteiger partial charge in [0.05, 0.1) is 10.2 Å². The van der Waals surface area contributed by atoms with E-state index in [1.54, 1.807) is 0 Å². The maximum atomic E-state index is 13.3. The number of hydrogen-bond acceptors (Lipinski definition) is 5. The topological polar surface area (TPSA) is 83.3 Å². The number of H-pyrrole nitrogens is 1. The molecule has 6 nitrogen and oxygen atoms in total. The minimum absolute atomic E-state index is 0.268. The van der Waals surface area contributed by atoms with Gasteiger partial charge in [0, 0.05) is 33.0 Å². The van der Waals surface area contributed by atoms with Crippen LogP contribution in [0.4, 0.5) is 0 Å². The van der Waals surface area contributed by atoms with Gasteiger partial charge in [0.25, 0.3) is 5.56 Å². The Morgan fingerprint density at radius 3 is 2.69 bits per heavy atom. The molecule has 0 saturated heterocycles. The van der Waals surface area contributed by atoms with E-state index in [0.29, 0.717) is 41.0 Å². The third kappa shape index (κ3) is 2.61. The van der Waals surface area contributed by atoms with E-state index < -0.39 is 18.0 Å². The van der Waals surface area contributed by atoms with Crippen molar-refractivity contribution in [2.45, 2.75) is 50.9 Å². The lowest BCUT2D eigenvalue weighted by molar-refractivity contribution is 0.0826. The van der Waals surface area contributed by atoms with Crippen molar-refractivity contribution in [2.75, 3.05) is 0 Å². The van der Waals surface area contributed by atoms with Crippen LogP contribution in [0.25, 0.3) is 10.2 Å². The molecule has 0 atom stereocenters. The Morgan fingerprint density at radius 1 is 1.38 bits per heavy atom. The smallest absolute Gasteiger partial charge is 0.271 e. The summed E-state index contributed by atoms with van der Waals surface area (Å²) in [6, 6.07) is 3.78. The monoisotopic (exact) mass is 477 g/mol. The molecule has 3 aromatic heterocycles. The van der Waals surface area contributed by atoms with Crippen LogP contribution >= 0.6 is 27.3 Å². The van der Waals surface area contributed by atoms with Gasteiger partial charge in [0.1, 0.15) is 21.8 Å². The summed E-state index contributed by atoms with van der Waals surface area (Å²) in [6.45, 7) is -0.722. The molecule has 3 saturated carbocycles. The van der Waals surface area contributed by atoms with Crippen LogP contribution in [0.3, 0.4) is 0 Å². The van der Waals surface area contributed by atoms with Crippen molar-refractivity contribution in [3.05, 3.63) is 49.6 Å². The minimum atomic E-state index is -2.61. The van der Waals surface area contributed by atoms with Crippen LogP contribution in [0.5, 0.6) is 0 Å². The third-order valence-electron chi connectivity index (χ3n) is 6.99. The van der Waals surface area contributed by atoms with Gasteiger partial charge in [-0.15, -0.1) is 11.3 Å². The lowest BCUT2D eigenvalue weighted by atomic mass is 9.51. The van der Waals surface area contributed by atoms with Gasteiger partial charge in [-0.2, -0.15) is 0 Å². The number of nitrogens with one attached hydrogen (secondary N) is 1. The standard InChI is InChI=1S/C21H23BrN4O2S/c1-12-14(22)15-16(29-12)18(27)26(2)19(24-15)21-8-5-20(6-9-21,7-10-21)17(25-28)13-4-3-11-23-13/h3-4,11,23,28H,5-10H2,1-2H3/i2D3. The predicted molar refractivity (Wildman–Crippen MR) is 118 cm³/mol. The van der Waals surface area contributed by atoms with E-state index in [9.17, 15) is 10.0 Å². The fraction of sp³-hybridized carbons (Fsp3) is 0.476. The van der Waals surface area contributed by atoms with Gasteiger partial charge < -0.3 is 10.2 Å². The number of fused-ring (bicyclic) bond motifs is 4. The number of thiophene rings is 1. The second-order valence-corrected chi connectivity index (χ2v) is 10.3. The Labute approximate surface area is 185 Å². The van der Waals surface area contributed by atoms with E-state index in [1.165, 1.54) is 11.3 Å². The van der Waals surface area contributed by atoms with Crippen molar-refractivity contribution in [3.63, 3.8) is 0 Å². The predicted octanol–water partition coefficient (Wildman–Crippen LogP) is 4.86. The first kappa shape index (κ1) is 15.8. The van der Waals surface area contributed by atoms with Gasteiger partial charge >= 0.3 is 0 Å². The summed E-state index contributed by atoms with van der Waals surface area (Å²) >= 11 is 4.81. The van der Waals surface area contributed by atoms with Gasteiger partial charge in [-0.3, -0.25) is 9.36 Å². The van der Waals surface area contributed by atoms with Gasteiger partial charge in [0.15, 0.2) is 0 Å². The normalized spacial score (nSPS) is 29.0. The first-order valence-electron chi connectivity index (χ1n) is 11.2. The molecule has 29 heavy (non-hydrogen) atoms. The number of aromatic nitrogens is 3. The molecule has 3 aromatic rings. The van der Waals surface area contributed by atoms with Crippen molar-refractivity contribution in [1.82, 2.24) is 14.5 Å². The molecule has 0 aromatic carbocycles. The molecule has 0 radical (unpaired) electrons. The second kappa shape index (κ2) is 6.54. The van der Waals surface area contributed by atoms with E-state index >= 15 is 0 Å². The van der Waals surface area contributed by atoms with Crippen LogP contribution in [0.15, 0.2) is 32.8 Å². The minimum Gasteiger partial charge on any atom is -0.411 e. The summed E-state index contributed by atoms with van der Waals surface area (Å²) in [5.41, 5.74) is 0.756. The molecule has 8 heteroatoms. The van der Waals surface area contributed by atoms with E-state index in [0.717, 1.165) is 38.9 Å². The van der Waals surface area contributed by atoms with Gasteiger partial charge in [-0.25, -0.2) is 4.98 Å². The molecule has 3 fully saturated rings. The van der Waals surface area contributed by atoms with E-state index in [-0.39, 0.29) is 5.41 Å². The summed E-state index contributed by atoms with van der Waals surface area (Å²) < 4.78 is 26.4. The van der Waals surface area contributed by atoms with Gasteiger partial charge in [0.2, 0.25) is 0 Å². The number of rotatable bonds is 3. The molecule has 2 N–H and O–H groups in total. The fourth-order valence-corrected chi connectivity index (χ4v) is 6.84. The van der Waals surface area contributed by atoms with Crippen molar-refractivity contribution >= 4 is 43.2 Å². The zero-order valence-electron chi connectivity index (χ0n) is 19.0. The first-order valence-corrected chi connectivity index (χ1v) is 11.3. The average Bonchev–Trinajstić information content (AvgIpc) is 3.38. The highest BCUT2D eigenvalue weighted by atomic mass is 79.9. The number of oxime groups is 1. The van der Waals surface area contributed by atoms with Crippen molar-refractivity contribution in [1.29, 1.82) is 0 Å². The summed E-state index contributed by atoms with van der Waals surface area (Å²) in [7, 11) is 0. The molecule has 3 heterocycles. The number of nitrogens with zero attached hydrogens (tertiary/aromatic N) is 3. The van der Waals surface area contributed by atoms with Crippen LogP contribution < -0.4 is 5.56 Å². The summed E-state index contributed by atoms with van der Waals surface area (Å²) in [4.78, 5) is 22.2. The summed E-state index contributed by atoms with van der Waals surface area (Å²) in [5.74, 6) is 0.365. The molecule has 3 aliphatic carbocycles. The number of hydrogen-bond donors (Lipinski definition) is 2. The van der Waals surface area contributed by atoms with E-state index in [1.807, 2.05) is 25.3 Å². The van der Waals surface area contributed by atoms with Crippen LogP contribution in [0, 0.1) is 12.3 Å². The number of aryl methyl sites for hydroxylation is 1. The molecule has 152 valence electrons. The van der Waals surface area contributed by atoms with E-state index in [4.69, 9.17) is 9.10 Å².